The van der Waals surface area contributed by atoms with Gasteiger partial charge in [-0.15, -0.1) is 0 Å². The number of amides is 3. The normalized spacial score (nSPS) is 17.1. The molecule has 2 aliphatic rings. The predicted octanol–water partition coefficient (Wildman–Crippen LogP) is 2.09. The lowest BCUT2D eigenvalue weighted by Gasteiger charge is -2.41. The molecule has 170 valence electrons. The summed E-state index contributed by atoms with van der Waals surface area (Å²) in [7, 11) is 1.57. The molecule has 0 atom stereocenters. The predicted molar refractivity (Wildman–Crippen MR) is 121 cm³/mol. The van der Waals surface area contributed by atoms with Gasteiger partial charge in [0.1, 0.15) is 18.1 Å². The van der Waals surface area contributed by atoms with E-state index in [1.54, 1.807) is 41.2 Å². The summed E-state index contributed by atoms with van der Waals surface area (Å²) in [6, 6.07) is 10.9. The minimum atomic E-state index is -0.453. The van der Waals surface area contributed by atoms with Gasteiger partial charge in [0.15, 0.2) is 5.82 Å². The maximum absolute atomic E-state index is 12.8. The number of ether oxygens (including phenoxy) is 1. The number of piperidine rings is 1. The molecule has 0 radical (unpaired) electrons. The number of rotatable bonds is 3. The van der Waals surface area contributed by atoms with Gasteiger partial charge >= 0.3 is 6.03 Å². The molecule has 4 heterocycles. The van der Waals surface area contributed by atoms with Crippen LogP contribution in [0.4, 0.5) is 10.5 Å². The molecule has 33 heavy (non-hydrogen) atoms. The van der Waals surface area contributed by atoms with E-state index in [0.29, 0.717) is 49.6 Å². The van der Waals surface area contributed by atoms with Gasteiger partial charge in [0, 0.05) is 37.5 Å². The van der Waals surface area contributed by atoms with E-state index in [2.05, 4.69) is 20.7 Å². The standard InChI is InChI=1S/C23H25N7O3/c1-33-18-7-3-2-6-17(18)25-22(32)29-11-8-23(9-12-29)13-19-26-21(16-5-4-10-24-14-16)28-30(19)15-20(31)27-23/h2-7,10,14H,8-9,11-13,15H2,1H3,(H,25,32)(H,27,31). The molecule has 0 saturated carbocycles. The maximum Gasteiger partial charge on any atom is 0.321 e. The van der Waals surface area contributed by atoms with Gasteiger partial charge < -0.3 is 20.3 Å². The van der Waals surface area contributed by atoms with Crippen LogP contribution in [0.5, 0.6) is 5.75 Å². The van der Waals surface area contributed by atoms with Crippen molar-refractivity contribution in [1.82, 2.24) is 30.0 Å². The van der Waals surface area contributed by atoms with Crippen molar-refractivity contribution in [3.63, 3.8) is 0 Å². The number of carbonyl (C=O) groups excluding carboxylic acids is 2. The molecular weight excluding hydrogens is 422 g/mol. The molecule has 2 aromatic heterocycles. The van der Waals surface area contributed by atoms with Crippen LogP contribution in [0, 0.1) is 0 Å². The third-order valence-corrected chi connectivity index (χ3v) is 6.22. The second-order valence-corrected chi connectivity index (χ2v) is 8.37. The van der Waals surface area contributed by atoms with Gasteiger partial charge in [-0.25, -0.2) is 14.5 Å². The number of likely N-dealkylation sites (tertiary alicyclic amines) is 1. The molecule has 2 N–H and O–H groups in total. The first-order chi connectivity index (χ1) is 16.0. The molecule has 5 rings (SSSR count). The highest BCUT2D eigenvalue weighted by molar-refractivity contribution is 5.91. The monoisotopic (exact) mass is 447 g/mol. The smallest absolute Gasteiger partial charge is 0.321 e. The molecule has 0 unspecified atom stereocenters. The zero-order valence-corrected chi connectivity index (χ0v) is 18.3. The van der Waals surface area contributed by atoms with Gasteiger partial charge in [-0.1, -0.05) is 12.1 Å². The lowest BCUT2D eigenvalue weighted by molar-refractivity contribution is -0.123. The number of benzene rings is 1. The first-order valence-electron chi connectivity index (χ1n) is 10.9. The minimum absolute atomic E-state index is 0.0942. The Hall–Kier alpha value is -3.95. The van der Waals surface area contributed by atoms with Crippen molar-refractivity contribution >= 4 is 17.6 Å². The summed E-state index contributed by atoms with van der Waals surface area (Å²) in [5.74, 6) is 1.85. The first kappa shape index (κ1) is 20.9. The van der Waals surface area contributed by atoms with Crippen LogP contribution in [0.25, 0.3) is 11.4 Å². The molecule has 10 nitrogen and oxygen atoms in total. The SMILES string of the molecule is COc1ccccc1NC(=O)N1CCC2(CC1)Cc1nc(-c3cccnc3)nn1CC(=O)N2. The summed E-state index contributed by atoms with van der Waals surface area (Å²) in [5.41, 5.74) is 0.991. The van der Waals surface area contributed by atoms with E-state index in [4.69, 9.17) is 9.72 Å². The Kier molecular flexibility index (Phi) is 5.41. The number of hydrogen-bond donors (Lipinski definition) is 2. The minimum Gasteiger partial charge on any atom is -0.495 e. The summed E-state index contributed by atoms with van der Waals surface area (Å²) in [5, 5.41) is 10.6. The molecule has 1 saturated heterocycles. The Balaban J connectivity index is 1.29. The average Bonchev–Trinajstić information content (AvgIpc) is 3.16. The fourth-order valence-electron chi connectivity index (χ4n) is 4.45. The van der Waals surface area contributed by atoms with Crippen molar-refractivity contribution in [1.29, 1.82) is 0 Å². The molecule has 3 aromatic rings. The highest BCUT2D eigenvalue weighted by atomic mass is 16.5. The number of nitrogens with one attached hydrogen (secondary N) is 2. The van der Waals surface area contributed by atoms with Crippen molar-refractivity contribution in [2.24, 2.45) is 0 Å². The first-order valence-corrected chi connectivity index (χ1v) is 10.9. The number of aromatic nitrogens is 4. The Morgan fingerprint density at radius 2 is 2.00 bits per heavy atom. The van der Waals surface area contributed by atoms with Gasteiger partial charge in [-0.05, 0) is 37.1 Å². The van der Waals surface area contributed by atoms with Gasteiger partial charge in [0.2, 0.25) is 5.91 Å². The van der Waals surface area contributed by atoms with E-state index in [9.17, 15) is 9.59 Å². The van der Waals surface area contributed by atoms with E-state index >= 15 is 0 Å². The summed E-state index contributed by atoms with van der Waals surface area (Å²) >= 11 is 0. The zero-order valence-electron chi connectivity index (χ0n) is 18.3. The number of hydrogen-bond acceptors (Lipinski definition) is 6. The lowest BCUT2D eigenvalue weighted by atomic mass is 9.84. The van der Waals surface area contributed by atoms with Gasteiger partial charge in [0.05, 0.1) is 18.3 Å². The highest BCUT2D eigenvalue weighted by Crippen LogP contribution is 2.30. The molecule has 10 heteroatoms. The number of methoxy groups -OCH3 is 1. The van der Waals surface area contributed by atoms with Gasteiger partial charge in [-0.2, -0.15) is 5.10 Å². The molecule has 0 bridgehead atoms. The molecule has 1 aromatic carbocycles. The van der Waals surface area contributed by atoms with Crippen LogP contribution in [-0.4, -0.2) is 62.3 Å². The van der Waals surface area contributed by atoms with Crippen molar-refractivity contribution in [2.45, 2.75) is 31.3 Å². The second kappa shape index (κ2) is 8.53. The number of urea groups is 1. The maximum atomic E-state index is 12.8. The van der Waals surface area contributed by atoms with Crippen molar-refractivity contribution in [2.75, 3.05) is 25.5 Å². The average molecular weight is 447 g/mol. The highest BCUT2D eigenvalue weighted by Gasteiger charge is 2.41. The molecular formula is C23H25N7O3. The van der Waals surface area contributed by atoms with Crippen molar-refractivity contribution < 1.29 is 14.3 Å². The number of para-hydroxylation sites is 2. The largest absolute Gasteiger partial charge is 0.495 e. The number of pyridine rings is 1. The van der Waals surface area contributed by atoms with Gasteiger partial charge in [-0.3, -0.25) is 9.78 Å². The van der Waals surface area contributed by atoms with Gasteiger partial charge in [0.25, 0.3) is 0 Å². The van der Waals surface area contributed by atoms with E-state index in [-0.39, 0.29) is 18.5 Å². The third kappa shape index (κ3) is 4.23. The third-order valence-electron chi connectivity index (χ3n) is 6.22. The van der Waals surface area contributed by atoms with Crippen LogP contribution in [0.1, 0.15) is 18.7 Å². The molecule has 0 aliphatic carbocycles. The topological polar surface area (TPSA) is 114 Å². The molecule has 3 amide bonds. The summed E-state index contributed by atoms with van der Waals surface area (Å²) in [6.45, 7) is 1.16. The zero-order chi connectivity index (χ0) is 22.8. The molecule has 1 fully saturated rings. The van der Waals surface area contributed by atoms with Crippen LogP contribution in [0.3, 0.4) is 0 Å². The summed E-state index contributed by atoms with van der Waals surface area (Å²) in [4.78, 5) is 36.1. The van der Waals surface area contributed by atoms with E-state index in [0.717, 1.165) is 11.4 Å². The fraction of sp³-hybridized carbons (Fsp3) is 0.348. The number of anilines is 1. The Morgan fingerprint density at radius 1 is 1.18 bits per heavy atom. The van der Waals surface area contributed by atoms with Crippen LogP contribution >= 0.6 is 0 Å². The quantitative estimate of drug-likeness (QED) is 0.636. The summed E-state index contributed by atoms with van der Waals surface area (Å²) < 4.78 is 6.99. The van der Waals surface area contributed by atoms with E-state index in [1.807, 2.05) is 24.3 Å². The van der Waals surface area contributed by atoms with E-state index in [1.165, 1.54) is 0 Å². The van der Waals surface area contributed by atoms with Crippen LogP contribution in [0.2, 0.25) is 0 Å². The van der Waals surface area contributed by atoms with Crippen LogP contribution < -0.4 is 15.4 Å². The molecule has 2 aliphatic heterocycles. The van der Waals surface area contributed by atoms with Crippen LogP contribution in [0.15, 0.2) is 48.8 Å². The summed E-state index contributed by atoms with van der Waals surface area (Å²) in [6.07, 6.45) is 5.24. The van der Waals surface area contributed by atoms with Crippen LogP contribution in [-0.2, 0) is 17.8 Å². The Labute approximate surface area is 191 Å². The second-order valence-electron chi connectivity index (χ2n) is 8.37. The fourth-order valence-corrected chi connectivity index (χ4v) is 4.45. The number of fused-ring (bicyclic) bond motifs is 1. The van der Waals surface area contributed by atoms with Crippen molar-refractivity contribution in [3.8, 4) is 17.1 Å². The molecule has 1 spiro atoms. The van der Waals surface area contributed by atoms with E-state index < -0.39 is 5.54 Å². The Bertz CT molecular complexity index is 1170. The number of nitrogens with zero attached hydrogens (tertiary/aromatic N) is 5. The van der Waals surface area contributed by atoms with Crippen molar-refractivity contribution in [3.05, 3.63) is 54.6 Å². The number of carbonyl (C=O) groups is 2. The Morgan fingerprint density at radius 3 is 2.76 bits per heavy atom. The lowest BCUT2D eigenvalue weighted by Crippen LogP contribution is -2.57.